The van der Waals surface area contributed by atoms with Crippen LogP contribution in [0.25, 0.3) is 0 Å². The fourth-order valence-electron chi connectivity index (χ4n) is 0.710. The van der Waals surface area contributed by atoms with Gasteiger partial charge in [0.05, 0.1) is 10.8 Å². The first kappa shape index (κ1) is 14.6. The number of hydrogen-bond donors (Lipinski definition) is 1. The van der Waals surface area contributed by atoms with Crippen LogP contribution >= 0.6 is 35.8 Å². The summed E-state index contributed by atoms with van der Waals surface area (Å²) in [6.07, 6.45) is 0. The zero-order chi connectivity index (χ0) is 9.84. The van der Waals surface area contributed by atoms with E-state index < -0.39 is 5.97 Å². The van der Waals surface area contributed by atoms with E-state index in [1.54, 1.807) is 12.1 Å². The predicted octanol–water partition coefficient (Wildman–Crippen LogP) is -0.0549. The van der Waals surface area contributed by atoms with Gasteiger partial charge in [-0.2, -0.15) is 12.6 Å². The Labute approximate surface area is 121 Å². The molecule has 0 aliphatic rings. The molecule has 0 spiro atoms. The van der Waals surface area contributed by atoms with E-state index in [0.717, 1.165) is 0 Å². The molecular formula is C8H7Cl2NaO2S. The Morgan fingerprint density at radius 3 is 2.71 bits per heavy atom. The average molecular weight is 261 g/mol. The number of halogens is 2. The molecule has 0 unspecified atom stereocenters. The van der Waals surface area contributed by atoms with Gasteiger partial charge in [0, 0.05) is 11.1 Å². The first-order valence-electron chi connectivity index (χ1n) is 3.40. The van der Waals surface area contributed by atoms with Gasteiger partial charge in [-0.25, -0.2) is 0 Å². The first-order chi connectivity index (χ1) is 6.13. The van der Waals surface area contributed by atoms with Gasteiger partial charge in [0.25, 0.3) is 0 Å². The number of carbonyl (C=O) groups excluding carboxylic acids is 1. The second-order valence-corrected chi connectivity index (χ2v) is 3.37. The number of esters is 1. The van der Waals surface area contributed by atoms with Crippen molar-refractivity contribution in [1.82, 2.24) is 0 Å². The van der Waals surface area contributed by atoms with Crippen LogP contribution in [-0.4, -0.2) is 11.7 Å². The minimum Gasteiger partial charge on any atom is -1.00 e. The van der Waals surface area contributed by atoms with E-state index in [0.29, 0.717) is 10.0 Å². The molecule has 0 aliphatic carbocycles. The maximum absolute atomic E-state index is 10.8. The summed E-state index contributed by atoms with van der Waals surface area (Å²) < 4.78 is 4.84. The third-order valence-corrected chi connectivity index (χ3v) is 2.05. The van der Waals surface area contributed by atoms with E-state index in [9.17, 15) is 4.79 Å². The molecule has 14 heavy (non-hydrogen) atoms. The number of hydrogen-bond acceptors (Lipinski definition) is 3. The van der Waals surface area contributed by atoms with Crippen molar-refractivity contribution >= 4 is 41.8 Å². The molecule has 72 valence electrons. The zero-order valence-corrected chi connectivity index (χ0v) is 11.9. The quantitative estimate of drug-likeness (QED) is 0.349. The number of carbonyl (C=O) groups is 1. The van der Waals surface area contributed by atoms with Crippen molar-refractivity contribution in [1.29, 1.82) is 0 Å². The van der Waals surface area contributed by atoms with Crippen molar-refractivity contribution in [3.05, 3.63) is 28.2 Å². The molecule has 0 N–H and O–H groups in total. The van der Waals surface area contributed by atoms with Gasteiger partial charge in [-0.3, -0.25) is 4.79 Å². The molecule has 0 bridgehead atoms. The summed E-state index contributed by atoms with van der Waals surface area (Å²) in [4.78, 5) is 10.8. The van der Waals surface area contributed by atoms with Crippen molar-refractivity contribution in [2.24, 2.45) is 0 Å². The molecule has 6 heteroatoms. The summed E-state index contributed by atoms with van der Waals surface area (Å²) in [5.74, 6) is -0.205. The number of rotatable bonds is 2. The van der Waals surface area contributed by atoms with Crippen molar-refractivity contribution < 1.29 is 40.5 Å². The Morgan fingerprint density at radius 1 is 1.50 bits per heavy atom. The van der Waals surface area contributed by atoms with Crippen LogP contribution < -0.4 is 34.3 Å². The predicted molar refractivity (Wildman–Crippen MR) is 57.1 cm³/mol. The minimum atomic E-state index is -0.465. The van der Waals surface area contributed by atoms with Gasteiger partial charge >= 0.3 is 35.5 Å². The van der Waals surface area contributed by atoms with Gasteiger partial charge in [0.2, 0.25) is 0 Å². The third-order valence-electron chi connectivity index (χ3n) is 1.25. The fraction of sp³-hybridized carbons (Fsp3) is 0.125. The second-order valence-electron chi connectivity index (χ2n) is 2.21. The van der Waals surface area contributed by atoms with Crippen LogP contribution in [0, 0.1) is 0 Å². The smallest absolute Gasteiger partial charge is 1.00 e. The molecule has 0 aromatic heterocycles. The monoisotopic (exact) mass is 260 g/mol. The van der Waals surface area contributed by atoms with E-state index >= 15 is 0 Å². The number of thiol groups is 1. The van der Waals surface area contributed by atoms with E-state index in [4.69, 9.17) is 27.9 Å². The Kier molecular flexibility index (Phi) is 7.30. The average Bonchev–Trinajstić information content (AvgIpc) is 2.11. The molecule has 2 nitrogen and oxygen atoms in total. The third kappa shape index (κ3) is 4.43. The normalized spacial score (nSPS) is 9.07. The molecule has 0 saturated carbocycles. The second kappa shape index (κ2) is 6.99. The maximum Gasteiger partial charge on any atom is 1.00 e. The number of ether oxygens (including phenoxy) is 1. The molecule has 0 saturated heterocycles. The number of benzene rings is 1. The molecule has 0 aliphatic heterocycles. The Morgan fingerprint density at radius 2 is 2.14 bits per heavy atom. The van der Waals surface area contributed by atoms with Crippen LogP contribution in [0.2, 0.25) is 10.0 Å². The molecule has 0 atom stereocenters. The summed E-state index contributed by atoms with van der Waals surface area (Å²) in [5.41, 5.74) is 0. The molecule has 0 fully saturated rings. The topological polar surface area (TPSA) is 26.3 Å². The van der Waals surface area contributed by atoms with Gasteiger partial charge in [-0.15, -0.1) is 0 Å². The largest absolute Gasteiger partial charge is 1.00 e. The van der Waals surface area contributed by atoms with Crippen molar-refractivity contribution in [2.45, 2.75) is 0 Å². The molecule has 1 aromatic carbocycles. The summed E-state index contributed by atoms with van der Waals surface area (Å²) in [6.45, 7) is 0. The first-order valence-corrected chi connectivity index (χ1v) is 4.79. The minimum absolute atomic E-state index is 0. The van der Waals surface area contributed by atoms with Crippen LogP contribution in [0.1, 0.15) is 1.43 Å². The molecule has 0 amide bonds. The van der Waals surface area contributed by atoms with E-state index in [-0.39, 0.29) is 42.5 Å². The molecule has 1 aromatic rings. The van der Waals surface area contributed by atoms with E-state index in [1.807, 2.05) is 0 Å². The maximum atomic E-state index is 10.8. The Hall–Kier alpha value is 0.620. The van der Waals surface area contributed by atoms with Crippen LogP contribution in [0.5, 0.6) is 5.75 Å². The Balaban J connectivity index is 0. The van der Waals surface area contributed by atoms with Crippen LogP contribution in [0.3, 0.4) is 0 Å². The van der Waals surface area contributed by atoms with Crippen LogP contribution in [-0.2, 0) is 4.79 Å². The fourth-order valence-corrected chi connectivity index (χ4v) is 1.09. The van der Waals surface area contributed by atoms with Crippen LogP contribution in [0.15, 0.2) is 18.2 Å². The summed E-state index contributed by atoms with van der Waals surface area (Å²) in [7, 11) is 0. The summed E-state index contributed by atoms with van der Waals surface area (Å²) in [6, 6.07) is 4.65. The van der Waals surface area contributed by atoms with Gasteiger partial charge in [0.15, 0.2) is 5.75 Å². The summed E-state index contributed by atoms with van der Waals surface area (Å²) in [5, 5.41) is 0.811. The van der Waals surface area contributed by atoms with Crippen molar-refractivity contribution in [2.75, 3.05) is 5.75 Å². The summed E-state index contributed by atoms with van der Waals surface area (Å²) >= 11 is 15.2. The standard InChI is InChI=1S/C8H6Cl2O2S.Na.H/c9-5-1-2-6(10)7(3-5)12-8(11)4-13;;/h1-3,13H,4H2;;/q;+1;-1. The van der Waals surface area contributed by atoms with Gasteiger partial charge in [0.1, 0.15) is 0 Å². The molecule has 0 radical (unpaired) electrons. The van der Waals surface area contributed by atoms with E-state index in [2.05, 4.69) is 12.6 Å². The SMILES string of the molecule is O=C(CS)Oc1cc(Cl)ccc1Cl.[H-].[Na+]. The molecule has 0 heterocycles. The zero-order valence-electron chi connectivity index (χ0n) is 8.46. The van der Waals surface area contributed by atoms with Gasteiger partial charge in [-0.1, -0.05) is 23.2 Å². The van der Waals surface area contributed by atoms with Gasteiger partial charge < -0.3 is 6.16 Å². The van der Waals surface area contributed by atoms with E-state index in [1.165, 1.54) is 6.07 Å². The Bertz CT molecular complexity index is 338. The van der Waals surface area contributed by atoms with Crippen molar-refractivity contribution in [3.8, 4) is 5.75 Å². The van der Waals surface area contributed by atoms with Crippen molar-refractivity contribution in [3.63, 3.8) is 0 Å². The molecular weight excluding hydrogens is 254 g/mol. The van der Waals surface area contributed by atoms with Gasteiger partial charge in [-0.05, 0) is 12.1 Å². The van der Waals surface area contributed by atoms with Crippen LogP contribution in [0.4, 0.5) is 0 Å². The molecule has 1 rings (SSSR count).